The molecule has 2 aliphatic heterocycles. The second-order valence-electron chi connectivity index (χ2n) is 7.73. The number of carbonyl (C=O) groups excluding carboxylic acids is 2. The SMILES string of the molecule is Cc1ccccc1N1C(=O)CN(C(=O)c2ccc(N3CCOCC3)cc2)C[C@@H]1C. The number of benzene rings is 2. The van der Waals surface area contributed by atoms with E-state index in [0.717, 1.165) is 43.2 Å². The maximum atomic E-state index is 13.0. The minimum absolute atomic E-state index is 0.0451. The van der Waals surface area contributed by atoms with E-state index in [0.29, 0.717) is 12.1 Å². The zero-order valence-electron chi connectivity index (χ0n) is 17.0. The van der Waals surface area contributed by atoms with E-state index in [-0.39, 0.29) is 24.4 Å². The Hall–Kier alpha value is -2.86. The summed E-state index contributed by atoms with van der Waals surface area (Å²) in [5.74, 6) is -0.139. The van der Waals surface area contributed by atoms with Crippen molar-refractivity contribution >= 4 is 23.2 Å². The maximum Gasteiger partial charge on any atom is 0.254 e. The van der Waals surface area contributed by atoms with Crippen LogP contribution in [0.2, 0.25) is 0 Å². The molecule has 2 aliphatic rings. The van der Waals surface area contributed by atoms with E-state index in [1.165, 1.54) is 0 Å². The second-order valence-corrected chi connectivity index (χ2v) is 7.73. The van der Waals surface area contributed by atoms with Gasteiger partial charge in [-0.2, -0.15) is 0 Å². The largest absolute Gasteiger partial charge is 0.378 e. The second kappa shape index (κ2) is 8.25. The van der Waals surface area contributed by atoms with Gasteiger partial charge in [0.2, 0.25) is 5.91 Å². The third-order valence-corrected chi connectivity index (χ3v) is 5.67. The first kappa shape index (κ1) is 19.5. The fourth-order valence-corrected chi connectivity index (χ4v) is 4.13. The van der Waals surface area contributed by atoms with Crippen LogP contribution in [0.1, 0.15) is 22.8 Å². The smallest absolute Gasteiger partial charge is 0.254 e. The Balaban J connectivity index is 1.46. The molecular weight excluding hydrogens is 366 g/mol. The number of anilines is 2. The summed E-state index contributed by atoms with van der Waals surface area (Å²) >= 11 is 0. The van der Waals surface area contributed by atoms with Gasteiger partial charge in [-0.05, 0) is 49.7 Å². The van der Waals surface area contributed by atoms with Crippen LogP contribution in [0.5, 0.6) is 0 Å². The van der Waals surface area contributed by atoms with Crippen molar-refractivity contribution in [3.63, 3.8) is 0 Å². The molecule has 0 unspecified atom stereocenters. The number of para-hydroxylation sites is 1. The Bertz CT molecular complexity index is 890. The highest BCUT2D eigenvalue weighted by atomic mass is 16.5. The summed E-state index contributed by atoms with van der Waals surface area (Å²) in [6.45, 7) is 7.79. The number of rotatable bonds is 3. The van der Waals surface area contributed by atoms with Gasteiger partial charge in [-0.15, -0.1) is 0 Å². The van der Waals surface area contributed by atoms with Crippen LogP contribution in [0.4, 0.5) is 11.4 Å². The number of morpholine rings is 1. The van der Waals surface area contributed by atoms with Crippen LogP contribution in [0.15, 0.2) is 48.5 Å². The number of hydrogen-bond donors (Lipinski definition) is 0. The molecule has 2 heterocycles. The van der Waals surface area contributed by atoms with Crippen molar-refractivity contribution in [1.29, 1.82) is 0 Å². The first-order valence-electron chi connectivity index (χ1n) is 10.1. The summed E-state index contributed by atoms with van der Waals surface area (Å²) in [6.07, 6.45) is 0. The zero-order chi connectivity index (χ0) is 20.4. The molecule has 0 radical (unpaired) electrons. The number of ether oxygens (including phenoxy) is 1. The van der Waals surface area contributed by atoms with Crippen LogP contribution in [0.3, 0.4) is 0 Å². The maximum absolute atomic E-state index is 13.0. The van der Waals surface area contributed by atoms with Crippen molar-refractivity contribution in [3.05, 3.63) is 59.7 Å². The van der Waals surface area contributed by atoms with Gasteiger partial charge in [0, 0.05) is 36.6 Å². The summed E-state index contributed by atoms with van der Waals surface area (Å²) in [7, 11) is 0. The van der Waals surface area contributed by atoms with Gasteiger partial charge >= 0.3 is 0 Å². The molecule has 0 saturated carbocycles. The third kappa shape index (κ3) is 3.98. The Morgan fingerprint density at radius 2 is 1.72 bits per heavy atom. The van der Waals surface area contributed by atoms with Crippen molar-refractivity contribution in [2.24, 2.45) is 0 Å². The quantitative estimate of drug-likeness (QED) is 0.805. The summed E-state index contributed by atoms with van der Waals surface area (Å²) < 4.78 is 5.39. The molecule has 0 N–H and O–H groups in total. The molecule has 0 bridgehead atoms. The molecule has 0 aliphatic carbocycles. The van der Waals surface area contributed by atoms with E-state index >= 15 is 0 Å². The number of aryl methyl sites for hydroxylation is 1. The minimum atomic E-state index is -0.0943. The van der Waals surface area contributed by atoms with Crippen molar-refractivity contribution in [2.45, 2.75) is 19.9 Å². The Morgan fingerprint density at radius 1 is 1.03 bits per heavy atom. The minimum Gasteiger partial charge on any atom is -0.378 e. The molecule has 2 aromatic rings. The summed E-state index contributed by atoms with van der Waals surface area (Å²) in [6, 6.07) is 15.5. The first-order valence-corrected chi connectivity index (χ1v) is 10.1. The van der Waals surface area contributed by atoms with Gasteiger partial charge in [0.15, 0.2) is 0 Å². The standard InChI is InChI=1S/C23H27N3O3/c1-17-5-3-4-6-21(17)26-18(2)15-25(16-22(26)27)23(28)19-7-9-20(10-8-19)24-11-13-29-14-12-24/h3-10,18H,11-16H2,1-2H3/t18-/m0/s1. The van der Waals surface area contributed by atoms with Crippen molar-refractivity contribution < 1.29 is 14.3 Å². The number of nitrogens with zero attached hydrogens (tertiary/aromatic N) is 3. The van der Waals surface area contributed by atoms with Gasteiger partial charge in [0.25, 0.3) is 5.91 Å². The Kier molecular flexibility index (Phi) is 5.53. The monoisotopic (exact) mass is 393 g/mol. The lowest BCUT2D eigenvalue weighted by atomic mass is 10.1. The molecule has 6 heteroatoms. The van der Waals surface area contributed by atoms with Crippen LogP contribution < -0.4 is 9.80 Å². The molecule has 2 fully saturated rings. The summed E-state index contributed by atoms with van der Waals surface area (Å²) in [5, 5.41) is 0. The van der Waals surface area contributed by atoms with E-state index in [9.17, 15) is 9.59 Å². The predicted octanol–water partition coefficient (Wildman–Crippen LogP) is 2.71. The van der Waals surface area contributed by atoms with Crippen LogP contribution in [0.25, 0.3) is 0 Å². The molecule has 152 valence electrons. The topological polar surface area (TPSA) is 53.1 Å². The van der Waals surface area contributed by atoms with Crippen LogP contribution in [-0.4, -0.2) is 62.1 Å². The molecule has 0 aromatic heterocycles. The summed E-state index contributed by atoms with van der Waals surface area (Å²) in [5.41, 5.74) is 3.70. The molecule has 4 rings (SSSR count). The molecule has 2 aromatic carbocycles. The molecule has 2 amide bonds. The summed E-state index contributed by atoms with van der Waals surface area (Å²) in [4.78, 5) is 31.6. The van der Waals surface area contributed by atoms with Crippen LogP contribution in [0, 0.1) is 6.92 Å². The molecular formula is C23H27N3O3. The van der Waals surface area contributed by atoms with Gasteiger partial charge in [0.05, 0.1) is 19.3 Å². The lowest BCUT2D eigenvalue weighted by Gasteiger charge is -2.40. The number of piperazine rings is 1. The van der Waals surface area contributed by atoms with Crippen molar-refractivity contribution in [2.75, 3.05) is 49.2 Å². The average Bonchev–Trinajstić information content (AvgIpc) is 2.75. The van der Waals surface area contributed by atoms with E-state index in [1.807, 2.05) is 67.3 Å². The number of amides is 2. The molecule has 29 heavy (non-hydrogen) atoms. The molecule has 1 atom stereocenters. The lowest BCUT2D eigenvalue weighted by Crippen LogP contribution is -2.57. The molecule has 6 nitrogen and oxygen atoms in total. The molecule has 0 spiro atoms. The molecule has 2 saturated heterocycles. The van der Waals surface area contributed by atoms with Gasteiger partial charge < -0.3 is 19.4 Å². The highest BCUT2D eigenvalue weighted by Gasteiger charge is 2.34. The van der Waals surface area contributed by atoms with Gasteiger partial charge in [-0.1, -0.05) is 18.2 Å². The lowest BCUT2D eigenvalue weighted by molar-refractivity contribution is -0.121. The highest BCUT2D eigenvalue weighted by Crippen LogP contribution is 2.26. The average molecular weight is 393 g/mol. The normalized spacial score (nSPS) is 20.1. The highest BCUT2D eigenvalue weighted by molar-refractivity contribution is 6.02. The fourth-order valence-electron chi connectivity index (χ4n) is 4.13. The third-order valence-electron chi connectivity index (χ3n) is 5.67. The first-order chi connectivity index (χ1) is 14.0. The van der Waals surface area contributed by atoms with Crippen LogP contribution >= 0.6 is 0 Å². The van der Waals surface area contributed by atoms with E-state index < -0.39 is 0 Å². The Labute approximate surface area is 171 Å². The number of carbonyl (C=O) groups is 2. The van der Waals surface area contributed by atoms with E-state index in [1.54, 1.807) is 4.90 Å². The zero-order valence-corrected chi connectivity index (χ0v) is 17.0. The van der Waals surface area contributed by atoms with E-state index in [2.05, 4.69) is 4.90 Å². The van der Waals surface area contributed by atoms with Crippen LogP contribution in [-0.2, 0) is 9.53 Å². The van der Waals surface area contributed by atoms with Crippen molar-refractivity contribution in [1.82, 2.24) is 4.90 Å². The van der Waals surface area contributed by atoms with E-state index in [4.69, 9.17) is 4.74 Å². The Morgan fingerprint density at radius 3 is 2.38 bits per heavy atom. The van der Waals surface area contributed by atoms with Gasteiger partial charge in [-0.3, -0.25) is 9.59 Å². The van der Waals surface area contributed by atoms with Gasteiger partial charge in [-0.25, -0.2) is 0 Å². The van der Waals surface area contributed by atoms with Gasteiger partial charge in [0.1, 0.15) is 6.54 Å². The van der Waals surface area contributed by atoms with Crippen molar-refractivity contribution in [3.8, 4) is 0 Å². The fraction of sp³-hybridized carbons (Fsp3) is 0.391. The number of hydrogen-bond acceptors (Lipinski definition) is 4. The predicted molar refractivity (Wildman–Crippen MR) is 114 cm³/mol.